The van der Waals surface area contributed by atoms with Gasteiger partial charge in [0.15, 0.2) is 0 Å². The molecule has 0 amide bonds. The molecule has 13 aromatic rings. The zero-order valence-electron chi connectivity index (χ0n) is 31.0. The summed E-state index contributed by atoms with van der Waals surface area (Å²) in [6, 6.07) is 60.9. The Labute approximate surface area is 331 Å². The molecule has 0 atom stereocenters. The van der Waals surface area contributed by atoms with Crippen molar-refractivity contribution in [2.24, 2.45) is 0 Å². The van der Waals surface area contributed by atoms with Crippen LogP contribution in [0.25, 0.3) is 116 Å². The van der Waals surface area contributed by atoms with Gasteiger partial charge in [-0.25, -0.2) is 0 Å². The molecule has 6 nitrogen and oxygen atoms in total. The van der Waals surface area contributed by atoms with Gasteiger partial charge in [0.05, 0.1) is 44.3 Å². The van der Waals surface area contributed by atoms with Gasteiger partial charge in [-0.3, -0.25) is 9.97 Å². The third-order valence-corrected chi connectivity index (χ3v) is 12.0. The maximum Gasteiger partial charge on any atom is 0.135 e. The molecule has 6 aromatic heterocycles. The number of furan rings is 1. The molecule has 0 fully saturated rings. The first-order valence-corrected chi connectivity index (χ1v) is 19.6. The van der Waals surface area contributed by atoms with E-state index in [9.17, 15) is 0 Å². The molecule has 0 saturated heterocycles. The van der Waals surface area contributed by atoms with E-state index in [0.717, 1.165) is 94.1 Å². The summed E-state index contributed by atoms with van der Waals surface area (Å²) in [5.41, 5.74) is 14.9. The molecule has 270 valence electrons. The van der Waals surface area contributed by atoms with E-state index in [1.165, 1.54) is 21.5 Å². The predicted octanol–water partition coefficient (Wildman–Crippen LogP) is 13.3. The number of pyridine rings is 2. The van der Waals surface area contributed by atoms with E-state index >= 15 is 0 Å². The van der Waals surface area contributed by atoms with E-state index in [2.05, 4.69) is 170 Å². The molecule has 7 aromatic carbocycles. The van der Waals surface area contributed by atoms with Crippen molar-refractivity contribution in [3.63, 3.8) is 0 Å². The van der Waals surface area contributed by atoms with Crippen LogP contribution in [0.15, 0.2) is 193 Å². The highest BCUT2D eigenvalue weighted by Gasteiger charge is 2.26. The van der Waals surface area contributed by atoms with Crippen molar-refractivity contribution in [3.8, 4) is 28.2 Å². The van der Waals surface area contributed by atoms with Gasteiger partial charge >= 0.3 is 0 Å². The number of rotatable bonds is 4. The number of nitrogens with zero attached hydrogens (tertiary/aromatic N) is 5. The number of hydrogen-bond donors (Lipinski definition) is 0. The first kappa shape index (κ1) is 31.3. The standard InChI is InChI=1S/C52H31N5O/c1-2-12-32(13-3-1)55-42-20-8-5-16-37(42)49-44(55)24-25-45(57-43-27-29-53-31-40(43)51-46(57)21-11-28-54-51)50(49)38-18-10-17-36-34-14-4-7-19-41(34)56(52(36)38)33-23-26-48-39(30-33)35-15-6-9-22-47(35)58-48/h1-31H. The van der Waals surface area contributed by atoms with Gasteiger partial charge in [-0.1, -0.05) is 91.0 Å². The minimum Gasteiger partial charge on any atom is -0.456 e. The Morgan fingerprint density at radius 2 is 1.14 bits per heavy atom. The van der Waals surface area contributed by atoms with Crippen LogP contribution in [-0.2, 0) is 0 Å². The number of para-hydroxylation sites is 5. The molecule has 0 aliphatic rings. The lowest BCUT2D eigenvalue weighted by Gasteiger charge is -2.19. The lowest BCUT2D eigenvalue weighted by Crippen LogP contribution is -2.01. The Morgan fingerprint density at radius 3 is 2.03 bits per heavy atom. The highest BCUT2D eigenvalue weighted by atomic mass is 16.3. The third-order valence-electron chi connectivity index (χ3n) is 12.0. The van der Waals surface area contributed by atoms with Gasteiger partial charge in [-0.15, -0.1) is 0 Å². The summed E-state index contributed by atoms with van der Waals surface area (Å²) in [5, 5.41) is 7.98. The van der Waals surface area contributed by atoms with Crippen LogP contribution in [0.1, 0.15) is 0 Å². The lowest BCUT2D eigenvalue weighted by atomic mass is 9.95. The maximum atomic E-state index is 6.32. The number of benzene rings is 7. The van der Waals surface area contributed by atoms with Crippen molar-refractivity contribution in [3.05, 3.63) is 188 Å². The fraction of sp³-hybridized carbons (Fsp3) is 0. The summed E-state index contributed by atoms with van der Waals surface area (Å²) in [6.07, 6.45) is 5.69. The van der Waals surface area contributed by atoms with Gasteiger partial charge in [0.25, 0.3) is 0 Å². The molecule has 0 N–H and O–H groups in total. The van der Waals surface area contributed by atoms with Crippen LogP contribution in [0.2, 0.25) is 0 Å². The third kappa shape index (κ3) is 4.20. The van der Waals surface area contributed by atoms with Crippen LogP contribution in [0.3, 0.4) is 0 Å². The average Bonchev–Trinajstić information content (AvgIpc) is 4.03. The van der Waals surface area contributed by atoms with Gasteiger partial charge in [0, 0.05) is 78.8 Å². The lowest BCUT2D eigenvalue weighted by molar-refractivity contribution is 0.669. The second-order valence-electron chi connectivity index (χ2n) is 15.0. The molecular formula is C52H31N5O. The molecule has 0 aliphatic carbocycles. The second kappa shape index (κ2) is 11.8. The summed E-state index contributed by atoms with van der Waals surface area (Å²) in [5.74, 6) is 0. The van der Waals surface area contributed by atoms with Crippen LogP contribution >= 0.6 is 0 Å². The highest BCUT2D eigenvalue weighted by Crippen LogP contribution is 2.47. The van der Waals surface area contributed by atoms with Gasteiger partial charge in [-0.2, -0.15) is 0 Å². The van der Waals surface area contributed by atoms with E-state index < -0.39 is 0 Å². The zero-order valence-corrected chi connectivity index (χ0v) is 31.0. The van der Waals surface area contributed by atoms with Crippen molar-refractivity contribution in [1.29, 1.82) is 0 Å². The molecule has 0 radical (unpaired) electrons. The Balaban J connectivity index is 1.24. The molecule has 0 aliphatic heterocycles. The minimum atomic E-state index is 0.876. The molecule has 58 heavy (non-hydrogen) atoms. The van der Waals surface area contributed by atoms with Gasteiger partial charge < -0.3 is 18.1 Å². The fourth-order valence-electron chi connectivity index (χ4n) is 9.64. The Bertz CT molecular complexity index is 3750. The summed E-state index contributed by atoms with van der Waals surface area (Å²) in [4.78, 5) is 9.47. The average molecular weight is 742 g/mol. The van der Waals surface area contributed by atoms with Crippen molar-refractivity contribution in [1.82, 2.24) is 23.7 Å². The number of fused-ring (bicyclic) bond motifs is 12. The largest absolute Gasteiger partial charge is 0.456 e. The summed E-state index contributed by atoms with van der Waals surface area (Å²) in [7, 11) is 0. The molecule has 0 saturated carbocycles. The Morgan fingerprint density at radius 1 is 0.414 bits per heavy atom. The van der Waals surface area contributed by atoms with Crippen molar-refractivity contribution in [2.45, 2.75) is 0 Å². The van der Waals surface area contributed by atoms with E-state index in [0.29, 0.717) is 0 Å². The molecular weight excluding hydrogens is 711 g/mol. The maximum absolute atomic E-state index is 6.32. The molecule has 6 heterocycles. The van der Waals surface area contributed by atoms with E-state index in [-0.39, 0.29) is 0 Å². The molecule has 6 heteroatoms. The highest BCUT2D eigenvalue weighted by molar-refractivity contribution is 6.23. The second-order valence-corrected chi connectivity index (χ2v) is 15.0. The topological polar surface area (TPSA) is 53.7 Å². The number of hydrogen-bond acceptors (Lipinski definition) is 3. The Hall–Kier alpha value is -7.96. The molecule has 0 bridgehead atoms. The van der Waals surface area contributed by atoms with Crippen molar-refractivity contribution >= 4 is 87.5 Å². The van der Waals surface area contributed by atoms with Gasteiger partial charge in [0.2, 0.25) is 0 Å². The quantitative estimate of drug-likeness (QED) is 0.180. The van der Waals surface area contributed by atoms with E-state index in [1.807, 2.05) is 36.8 Å². The first-order valence-electron chi connectivity index (χ1n) is 19.6. The van der Waals surface area contributed by atoms with Crippen LogP contribution in [-0.4, -0.2) is 23.7 Å². The van der Waals surface area contributed by atoms with Crippen molar-refractivity contribution < 1.29 is 4.42 Å². The number of aromatic nitrogens is 5. The predicted molar refractivity (Wildman–Crippen MR) is 238 cm³/mol. The fourth-order valence-corrected chi connectivity index (χ4v) is 9.64. The molecule has 0 unspecified atom stereocenters. The van der Waals surface area contributed by atoms with Crippen LogP contribution in [0.4, 0.5) is 0 Å². The van der Waals surface area contributed by atoms with Gasteiger partial charge in [0.1, 0.15) is 11.2 Å². The SMILES string of the molecule is c1ccc(-n2c3ccccc3c3c(-c4cccc5c6ccccc6n(-c6ccc7oc8ccccc8c7c6)c45)c(-n4c5ccncc5c5ncccc54)ccc32)cc1. The minimum absolute atomic E-state index is 0.876. The normalized spacial score (nSPS) is 12.1. The summed E-state index contributed by atoms with van der Waals surface area (Å²) in [6.45, 7) is 0. The van der Waals surface area contributed by atoms with Crippen LogP contribution in [0.5, 0.6) is 0 Å². The van der Waals surface area contributed by atoms with E-state index in [1.54, 1.807) is 0 Å². The van der Waals surface area contributed by atoms with Gasteiger partial charge in [-0.05, 0) is 78.9 Å². The first-order chi connectivity index (χ1) is 28.8. The summed E-state index contributed by atoms with van der Waals surface area (Å²) >= 11 is 0. The molecule has 13 rings (SSSR count). The van der Waals surface area contributed by atoms with Crippen LogP contribution < -0.4 is 0 Å². The Kier molecular flexibility index (Phi) is 6.35. The molecule has 0 spiro atoms. The zero-order chi connectivity index (χ0) is 37.9. The van der Waals surface area contributed by atoms with E-state index in [4.69, 9.17) is 9.40 Å². The van der Waals surface area contributed by atoms with Crippen LogP contribution in [0, 0.1) is 0 Å². The van der Waals surface area contributed by atoms with Crippen molar-refractivity contribution in [2.75, 3.05) is 0 Å². The summed E-state index contributed by atoms with van der Waals surface area (Å²) < 4.78 is 13.6. The smallest absolute Gasteiger partial charge is 0.135 e. The monoisotopic (exact) mass is 741 g/mol.